The van der Waals surface area contributed by atoms with Crippen LogP contribution in [0.1, 0.15) is 31.1 Å². The van der Waals surface area contributed by atoms with Gasteiger partial charge in [0.15, 0.2) is 0 Å². The number of hydrogen-bond donors (Lipinski definition) is 1. The first-order valence-corrected chi connectivity index (χ1v) is 6.37. The van der Waals surface area contributed by atoms with E-state index in [-0.39, 0.29) is 16.3 Å². The molecule has 5 heteroatoms. The largest absolute Gasteiger partial charge is 0.397 e. The summed E-state index contributed by atoms with van der Waals surface area (Å²) >= 11 is 11.8. The quantitative estimate of drug-likeness (QED) is 0.844. The molecule has 100 valence electrons. The third kappa shape index (κ3) is 3.79. The highest BCUT2D eigenvalue weighted by Gasteiger charge is 2.20. The first kappa shape index (κ1) is 15.1. The maximum absolute atomic E-state index is 12.2. The van der Waals surface area contributed by atoms with E-state index in [0.29, 0.717) is 22.8 Å². The molecule has 0 aromatic heterocycles. The molecule has 0 unspecified atom stereocenters. The van der Waals surface area contributed by atoms with E-state index in [9.17, 15) is 4.79 Å². The number of nitrogens with zero attached hydrogens (tertiary/aromatic N) is 1. The standard InChI is InChI=1S/C13H18Cl2N2O/c1-13(2,3)7-17(4)12(18)8-5-9(14)11(15)10(16)6-8/h5-6H,7,16H2,1-4H3. The van der Waals surface area contributed by atoms with E-state index in [1.165, 1.54) is 0 Å². The topological polar surface area (TPSA) is 46.3 Å². The number of hydrogen-bond acceptors (Lipinski definition) is 2. The Hall–Kier alpha value is -0.930. The van der Waals surface area contributed by atoms with Crippen LogP contribution in [0.5, 0.6) is 0 Å². The second kappa shape index (κ2) is 5.37. The van der Waals surface area contributed by atoms with Crippen LogP contribution < -0.4 is 5.73 Å². The van der Waals surface area contributed by atoms with E-state index in [1.54, 1.807) is 24.1 Å². The summed E-state index contributed by atoms with van der Waals surface area (Å²) in [4.78, 5) is 13.9. The zero-order valence-electron chi connectivity index (χ0n) is 11.1. The molecule has 1 rings (SSSR count). The molecule has 0 radical (unpaired) electrons. The van der Waals surface area contributed by atoms with Crippen LogP contribution in [0, 0.1) is 5.41 Å². The highest BCUT2D eigenvalue weighted by Crippen LogP contribution is 2.30. The lowest BCUT2D eigenvalue weighted by molar-refractivity contribution is 0.0745. The van der Waals surface area contributed by atoms with Crippen molar-refractivity contribution in [3.63, 3.8) is 0 Å². The van der Waals surface area contributed by atoms with Crippen LogP contribution in [0.15, 0.2) is 12.1 Å². The van der Waals surface area contributed by atoms with Crippen molar-refractivity contribution in [1.29, 1.82) is 0 Å². The number of benzene rings is 1. The van der Waals surface area contributed by atoms with Gasteiger partial charge in [-0.05, 0) is 17.5 Å². The van der Waals surface area contributed by atoms with Gasteiger partial charge in [-0.1, -0.05) is 44.0 Å². The predicted molar refractivity (Wildman–Crippen MR) is 77.3 cm³/mol. The molecule has 1 aromatic carbocycles. The predicted octanol–water partition coefficient (Wildman–Crippen LogP) is 3.69. The summed E-state index contributed by atoms with van der Waals surface area (Å²) in [5.41, 5.74) is 6.50. The molecule has 0 aliphatic rings. The van der Waals surface area contributed by atoms with Crippen LogP contribution in [0.2, 0.25) is 10.0 Å². The third-order valence-electron chi connectivity index (χ3n) is 2.36. The van der Waals surface area contributed by atoms with Crippen molar-refractivity contribution in [2.45, 2.75) is 20.8 Å². The summed E-state index contributed by atoms with van der Waals surface area (Å²) in [5.74, 6) is -0.116. The van der Waals surface area contributed by atoms with Gasteiger partial charge in [0.2, 0.25) is 0 Å². The van der Waals surface area contributed by atoms with E-state index >= 15 is 0 Å². The first-order valence-electron chi connectivity index (χ1n) is 5.62. The fourth-order valence-electron chi connectivity index (χ4n) is 1.74. The SMILES string of the molecule is CN(CC(C)(C)C)C(=O)c1cc(N)c(Cl)c(Cl)c1. The van der Waals surface area contributed by atoms with Gasteiger partial charge < -0.3 is 10.6 Å². The van der Waals surface area contributed by atoms with Crippen LogP contribution in [-0.2, 0) is 0 Å². The zero-order chi connectivity index (χ0) is 14.1. The van der Waals surface area contributed by atoms with Gasteiger partial charge in [0.05, 0.1) is 15.7 Å². The summed E-state index contributed by atoms with van der Waals surface area (Å²) in [5, 5.41) is 0.580. The Labute approximate surface area is 118 Å². The van der Waals surface area contributed by atoms with E-state index in [1.807, 2.05) is 0 Å². The molecule has 0 heterocycles. The number of anilines is 1. The number of carbonyl (C=O) groups is 1. The van der Waals surface area contributed by atoms with Gasteiger partial charge in [-0.2, -0.15) is 0 Å². The summed E-state index contributed by atoms with van der Waals surface area (Å²) < 4.78 is 0. The number of rotatable bonds is 2. The lowest BCUT2D eigenvalue weighted by atomic mass is 9.96. The van der Waals surface area contributed by atoms with Crippen molar-refractivity contribution in [2.75, 3.05) is 19.3 Å². The van der Waals surface area contributed by atoms with Gasteiger partial charge in [0.1, 0.15) is 0 Å². The van der Waals surface area contributed by atoms with Crippen molar-refractivity contribution in [2.24, 2.45) is 5.41 Å². The molecule has 0 spiro atoms. The fraction of sp³-hybridized carbons (Fsp3) is 0.462. The number of nitrogen functional groups attached to an aromatic ring is 1. The van der Waals surface area contributed by atoms with Gasteiger partial charge in [-0.3, -0.25) is 4.79 Å². The molecule has 0 saturated heterocycles. The van der Waals surface area contributed by atoms with Crippen LogP contribution in [-0.4, -0.2) is 24.4 Å². The molecular weight excluding hydrogens is 271 g/mol. The van der Waals surface area contributed by atoms with E-state index in [0.717, 1.165) is 0 Å². The van der Waals surface area contributed by atoms with E-state index in [4.69, 9.17) is 28.9 Å². The van der Waals surface area contributed by atoms with Crippen molar-refractivity contribution in [1.82, 2.24) is 4.90 Å². The summed E-state index contributed by atoms with van der Waals surface area (Å²) in [7, 11) is 1.76. The highest BCUT2D eigenvalue weighted by molar-refractivity contribution is 6.43. The number of nitrogens with two attached hydrogens (primary N) is 1. The molecule has 0 aliphatic heterocycles. The lowest BCUT2D eigenvalue weighted by Crippen LogP contribution is -2.34. The van der Waals surface area contributed by atoms with Gasteiger partial charge in [-0.25, -0.2) is 0 Å². The molecule has 0 aliphatic carbocycles. The molecule has 0 fully saturated rings. The number of carbonyl (C=O) groups excluding carboxylic acids is 1. The second-order valence-corrected chi connectivity index (χ2v) is 6.37. The van der Waals surface area contributed by atoms with Crippen LogP contribution in [0.3, 0.4) is 0 Å². The Morgan fingerprint density at radius 1 is 1.33 bits per heavy atom. The smallest absolute Gasteiger partial charge is 0.253 e. The summed E-state index contributed by atoms with van der Waals surface area (Å²) in [6.45, 7) is 6.85. The minimum absolute atomic E-state index is 0.0339. The Bertz CT molecular complexity index is 444. The maximum atomic E-state index is 12.2. The highest BCUT2D eigenvalue weighted by atomic mass is 35.5. The Morgan fingerprint density at radius 2 is 1.89 bits per heavy atom. The Balaban J connectivity index is 2.98. The minimum atomic E-state index is -0.116. The van der Waals surface area contributed by atoms with Crippen LogP contribution in [0.4, 0.5) is 5.69 Å². The molecule has 3 nitrogen and oxygen atoms in total. The molecule has 1 amide bonds. The molecule has 0 saturated carbocycles. The fourth-order valence-corrected chi connectivity index (χ4v) is 2.07. The summed E-state index contributed by atoms with van der Waals surface area (Å²) in [6, 6.07) is 3.09. The van der Waals surface area contributed by atoms with Crippen molar-refractivity contribution < 1.29 is 4.79 Å². The second-order valence-electron chi connectivity index (χ2n) is 5.58. The molecule has 2 N–H and O–H groups in total. The molecule has 1 aromatic rings. The Kier molecular flexibility index (Phi) is 4.51. The van der Waals surface area contributed by atoms with Crippen molar-refractivity contribution in [3.8, 4) is 0 Å². The molecule has 0 atom stereocenters. The minimum Gasteiger partial charge on any atom is -0.397 e. The maximum Gasteiger partial charge on any atom is 0.253 e. The van der Waals surface area contributed by atoms with Gasteiger partial charge in [0.25, 0.3) is 5.91 Å². The van der Waals surface area contributed by atoms with Gasteiger partial charge >= 0.3 is 0 Å². The zero-order valence-corrected chi connectivity index (χ0v) is 12.6. The average molecular weight is 289 g/mol. The van der Waals surface area contributed by atoms with Crippen molar-refractivity contribution in [3.05, 3.63) is 27.7 Å². The molecule has 18 heavy (non-hydrogen) atoms. The number of halogens is 2. The molecular formula is C13H18Cl2N2O. The van der Waals surface area contributed by atoms with Gasteiger partial charge in [0, 0.05) is 19.2 Å². The van der Waals surface area contributed by atoms with E-state index < -0.39 is 0 Å². The monoisotopic (exact) mass is 288 g/mol. The van der Waals surface area contributed by atoms with E-state index in [2.05, 4.69) is 20.8 Å². The third-order valence-corrected chi connectivity index (χ3v) is 3.18. The number of amides is 1. The normalized spacial score (nSPS) is 11.4. The van der Waals surface area contributed by atoms with Gasteiger partial charge in [-0.15, -0.1) is 0 Å². The summed E-state index contributed by atoms with van der Waals surface area (Å²) in [6.07, 6.45) is 0. The average Bonchev–Trinajstić information content (AvgIpc) is 2.21. The lowest BCUT2D eigenvalue weighted by Gasteiger charge is -2.26. The van der Waals surface area contributed by atoms with Crippen molar-refractivity contribution >= 4 is 34.8 Å². The first-order chi connectivity index (χ1) is 8.11. The van der Waals surface area contributed by atoms with Crippen LogP contribution in [0.25, 0.3) is 0 Å². The Morgan fingerprint density at radius 3 is 2.33 bits per heavy atom. The van der Waals surface area contributed by atoms with Crippen LogP contribution >= 0.6 is 23.2 Å². The molecule has 0 bridgehead atoms.